The molecule has 2 atom stereocenters. The predicted octanol–water partition coefficient (Wildman–Crippen LogP) is 1.39. The third kappa shape index (κ3) is 0.767. The standard InChI is InChI=1S/C11H14N2/c1-7-3-2-4-8-10(7)13-6-11(8)5-9(11)12/h2-4,9,13H,5-6,12H2,1H3. The molecule has 1 aromatic rings. The lowest BCUT2D eigenvalue weighted by Gasteiger charge is -2.07. The number of benzene rings is 1. The van der Waals surface area contributed by atoms with Gasteiger partial charge in [-0.1, -0.05) is 18.2 Å². The topological polar surface area (TPSA) is 38.0 Å². The van der Waals surface area contributed by atoms with Crippen LogP contribution in [0.2, 0.25) is 0 Å². The quantitative estimate of drug-likeness (QED) is 0.623. The lowest BCUT2D eigenvalue weighted by atomic mass is 9.96. The van der Waals surface area contributed by atoms with E-state index in [1.807, 2.05) is 0 Å². The molecule has 1 spiro atoms. The van der Waals surface area contributed by atoms with Gasteiger partial charge in [0.25, 0.3) is 0 Å². The number of para-hydroxylation sites is 1. The molecule has 0 bridgehead atoms. The van der Waals surface area contributed by atoms with Gasteiger partial charge in [0.15, 0.2) is 0 Å². The molecule has 1 heterocycles. The van der Waals surface area contributed by atoms with Gasteiger partial charge in [0.1, 0.15) is 0 Å². The molecule has 1 fully saturated rings. The zero-order valence-corrected chi connectivity index (χ0v) is 7.80. The van der Waals surface area contributed by atoms with Gasteiger partial charge < -0.3 is 11.1 Å². The minimum Gasteiger partial charge on any atom is -0.384 e. The van der Waals surface area contributed by atoms with Crippen LogP contribution in [0, 0.1) is 6.92 Å². The Kier molecular flexibility index (Phi) is 1.18. The highest BCUT2D eigenvalue weighted by Crippen LogP contribution is 2.53. The first kappa shape index (κ1) is 7.39. The first-order valence-corrected chi connectivity index (χ1v) is 4.83. The zero-order chi connectivity index (χ0) is 9.05. The highest BCUT2D eigenvalue weighted by Gasteiger charge is 2.56. The van der Waals surface area contributed by atoms with E-state index in [9.17, 15) is 0 Å². The van der Waals surface area contributed by atoms with Crippen molar-refractivity contribution >= 4 is 5.69 Å². The second-order valence-electron chi connectivity index (χ2n) is 4.32. The first-order valence-electron chi connectivity index (χ1n) is 4.83. The average molecular weight is 174 g/mol. The van der Waals surface area contributed by atoms with Crippen LogP contribution in [-0.4, -0.2) is 12.6 Å². The molecule has 0 aromatic heterocycles. The van der Waals surface area contributed by atoms with Crippen molar-refractivity contribution in [3.8, 4) is 0 Å². The Morgan fingerprint density at radius 3 is 3.00 bits per heavy atom. The summed E-state index contributed by atoms with van der Waals surface area (Å²) < 4.78 is 0. The summed E-state index contributed by atoms with van der Waals surface area (Å²) in [6, 6.07) is 6.88. The largest absolute Gasteiger partial charge is 0.384 e. The van der Waals surface area contributed by atoms with Crippen LogP contribution in [0.3, 0.4) is 0 Å². The first-order chi connectivity index (χ1) is 6.24. The van der Waals surface area contributed by atoms with Crippen LogP contribution in [0.1, 0.15) is 17.5 Å². The summed E-state index contributed by atoms with van der Waals surface area (Å²) in [6.07, 6.45) is 1.15. The van der Waals surface area contributed by atoms with Crippen LogP contribution < -0.4 is 11.1 Å². The van der Waals surface area contributed by atoms with E-state index in [0.29, 0.717) is 11.5 Å². The van der Waals surface area contributed by atoms with E-state index in [2.05, 4.69) is 30.4 Å². The Labute approximate surface area is 78.1 Å². The van der Waals surface area contributed by atoms with Gasteiger partial charge >= 0.3 is 0 Å². The molecule has 68 valence electrons. The van der Waals surface area contributed by atoms with Gasteiger partial charge in [-0.25, -0.2) is 0 Å². The highest BCUT2D eigenvalue weighted by atomic mass is 15.0. The fourth-order valence-corrected chi connectivity index (χ4v) is 2.51. The van der Waals surface area contributed by atoms with Crippen molar-refractivity contribution in [2.24, 2.45) is 5.73 Å². The van der Waals surface area contributed by atoms with Gasteiger partial charge in [0.2, 0.25) is 0 Å². The van der Waals surface area contributed by atoms with Crippen molar-refractivity contribution in [1.29, 1.82) is 0 Å². The molecular formula is C11H14N2. The molecule has 0 amide bonds. The minimum atomic E-state index is 0.293. The van der Waals surface area contributed by atoms with E-state index >= 15 is 0 Å². The van der Waals surface area contributed by atoms with Crippen LogP contribution in [0.4, 0.5) is 5.69 Å². The Morgan fingerprint density at radius 2 is 2.31 bits per heavy atom. The third-order valence-electron chi connectivity index (χ3n) is 3.52. The molecule has 13 heavy (non-hydrogen) atoms. The maximum atomic E-state index is 5.99. The number of aryl methyl sites for hydroxylation is 1. The van der Waals surface area contributed by atoms with E-state index in [4.69, 9.17) is 5.73 Å². The molecular weight excluding hydrogens is 160 g/mol. The van der Waals surface area contributed by atoms with E-state index in [1.54, 1.807) is 0 Å². The number of rotatable bonds is 0. The molecule has 0 saturated heterocycles. The molecule has 3 N–H and O–H groups in total. The summed E-state index contributed by atoms with van der Waals surface area (Å²) in [5, 5.41) is 3.47. The number of fused-ring (bicyclic) bond motifs is 2. The normalized spacial score (nSPS) is 34.5. The van der Waals surface area contributed by atoms with Gasteiger partial charge in [0.05, 0.1) is 0 Å². The molecule has 2 aliphatic rings. The summed E-state index contributed by atoms with van der Waals surface area (Å²) in [5.74, 6) is 0. The smallest absolute Gasteiger partial charge is 0.0409 e. The Hall–Kier alpha value is -1.02. The molecule has 0 radical (unpaired) electrons. The highest BCUT2D eigenvalue weighted by molar-refractivity contribution is 5.67. The summed E-state index contributed by atoms with van der Waals surface area (Å²) >= 11 is 0. The monoisotopic (exact) mass is 174 g/mol. The minimum absolute atomic E-state index is 0.293. The van der Waals surface area contributed by atoms with Crippen LogP contribution in [-0.2, 0) is 5.41 Å². The van der Waals surface area contributed by atoms with Gasteiger partial charge in [-0.15, -0.1) is 0 Å². The van der Waals surface area contributed by atoms with E-state index in [0.717, 1.165) is 13.0 Å². The summed E-state index contributed by atoms with van der Waals surface area (Å²) in [6.45, 7) is 3.19. The number of anilines is 1. The lowest BCUT2D eigenvalue weighted by Crippen LogP contribution is -2.20. The van der Waals surface area contributed by atoms with Crippen molar-refractivity contribution in [2.75, 3.05) is 11.9 Å². The van der Waals surface area contributed by atoms with Gasteiger partial charge in [-0.2, -0.15) is 0 Å². The fraction of sp³-hybridized carbons (Fsp3) is 0.455. The zero-order valence-electron chi connectivity index (χ0n) is 7.80. The fourth-order valence-electron chi connectivity index (χ4n) is 2.51. The molecule has 1 saturated carbocycles. The number of hydrogen-bond acceptors (Lipinski definition) is 2. The lowest BCUT2D eigenvalue weighted by molar-refractivity contribution is 0.733. The van der Waals surface area contributed by atoms with Crippen molar-refractivity contribution in [3.05, 3.63) is 29.3 Å². The van der Waals surface area contributed by atoms with Gasteiger partial charge in [-0.3, -0.25) is 0 Å². The Morgan fingerprint density at radius 1 is 1.54 bits per heavy atom. The molecule has 2 unspecified atom stereocenters. The average Bonchev–Trinajstić information content (AvgIpc) is 2.57. The molecule has 2 heteroatoms. The molecule has 2 nitrogen and oxygen atoms in total. The number of nitrogens with two attached hydrogens (primary N) is 1. The number of nitrogens with one attached hydrogen (secondary N) is 1. The molecule has 3 rings (SSSR count). The predicted molar refractivity (Wildman–Crippen MR) is 53.9 cm³/mol. The second-order valence-corrected chi connectivity index (χ2v) is 4.32. The van der Waals surface area contributed by atoms with Gasteiger partial charge in [-0.05, 0) is 24.5 Å². The van der Waals surface area contributed by atoms with E-state index in [-0.39, 0.29) is 0 Å². The molecule has 1 aliphatic heterocycles. The van der Waals surface area contributed by atoms with Gasteiger partial charge in [0, 0.05) is 23.7 Å². The maximum absolute atomic E-state index is 5.99. The van der Waals surface area contributed by atoms with Crippen molar-refractivity contribution < 1.29 is 0 Å². The van der Waals surface area contributed by atoms with Crippen molar-refractivity contribution in [3.63, 3.8) is 0 Å². The molecule has 1 aliphatic carbocycles. The third-order valence-corrected chi connectivity index (χ3v) is 3.52. The summed E-state index contributed by atoms with van der Waals surface area (Å²) in [4.78, 5) is 0. The van der Waals surface area contributed by atoms with E-state index < -0.39 is 0 Å². The SMILES string of the molecule is Cc1cccc2c1NCC21CC1N. The summed E-state index contributed by atoms with van der Waals surface area (Å²) in [5.41, 5.74) is 10.4. The number of hydrogen-bond donors (Lipinski definition) is 2. The molecule has 1 aromatic carbocycles. The van der Waals surface area contributed by atoms with Crippen molar-refractivity contribution in [2.45, 2.75) is 24.8 Å². The van der Waals surface area contributed by atoms with Crippen LogP contribution >= 0.6 is 0 Å². The van der Waals surface area contributed by atoms with E-state index in [1.165, 1.54) is 16.8 Å². The maximum Gasteiger partial charge on any atom is 0.0409 e. The van der Waals surface area contributed by atoms with Crippen molar-refractivity contribution in [1.82, 2.24) is 0 Å². The second kappa shape index (κ2) is 2.07. The Balaban J connectivity index is 2.18. The van der Waals surface area contributed by atoms with Crippen LogP contribution in [0.15, 0.2) is 18.2 Å². The summed E-state index contributed by atoms with van der Waals surface area (Å²) in [7, 11) is 0. The van der Waals surface area contributed by atoms with Crippen LogP contribution in [0.5, 0.6) is 0 Å². The Bertz CT molecular complexity index is 372. The van der Waals surface area contributed by atoms with Crippen LogP contribution in [0.25, 0.3) is 0 Å².